The molecule has 0 radical (unpaired) electrons. The normalized spacial score (nSPS) is 23.0. The van der Waals surface area contributed by atoms with Crippen molar-refractivity contribution in [2.45, 2.75) is 31.8 Å². The highest BCUT2D eigenvalue weighted by molar-refractivity contribution is 5.79. The van der Waals surface area contributed by atoms with Gasteiger partial charge in [-0.15, -0.1) is 0 Å². The number of hydrogen-bond acceptors (Lipinski definition) is 3. The second kappa shape index (κ2) is 5.40. The van der Waals surface area contributed by atoms with Crippen molar-refractivity contribution in [1.29, 1.82) is 0 Å². The van der Waals surface area contributed by atoms with Gasteiger partial charge in [0.15, 0.2) is 0 Å². The third-order valence-corrected chi connectivity index (χ3v) is 3.66. The van der Waals surface area contributed by atoms with Gasteiger partial charge in [-0.2, -0.15) is 0 Å². The first-order chi connectivity index (χ1) is 8.59. The number of nitrogens with zero attached hydrogens (tertiary/aromatic N) is 1. The molecule has 1 amide bonds. The van der Waals surface area contributed by atoms with Crippen LogP contribution in [-0.2, 0) is 11.3 Å². The molecule has 2 atom stereocenters. The molecular weight excluding hydrogens is 228 g/mol. The Balaban J connectivity index is 2.01. The minimum absolute atomic E-state index is 0.00989. The van der Waals surface area contributed by atoms with Crippen LogP contribution in [0.4, 0.5) is 0 Å². The molecule has 1 aliphatic carbocycles. The van der Waals surface area contributed by atoms with E-state index in [2.05, 4.69) is 0 Å². The predicted molar refractivity (Wildman–Crippen MR) is 69.9 cm³/mol. The molecule has 1 fully saturated rings. The highest BCUT2D eigenvalue weighted by atomic mass is 16.3. The zero-order valence-corrected chi connectivity index (χ0v) is 10.7. The van der Waals surface area contributed by atoms with Gasteiger partial charge < -0.3 is 15.7 Å². The van der Waals surface area contributed by atoms with E-state index in [4.69, 9.17) is 5.73 Å². The standard InChI is InChI=1S/C14H20N2O2/c1-16(9-10-5-2-3-8-13(10)17)14(18)11-6-4-7-12(11)15/h2-3,5,8,11-12,17H,4,6-7,9,15H2,1H3. The highest BCUT2D eigenvalue weighted by Gasteiger charge is 2.32. The molecule has 98 valence electrons. The average molecular weight is 248 g/mol. The summed E-state index contributed by atoms with van der Waals surface area (Å²) in [6.07, 6.45) is 2.84. The molecule has 4 heteroatoms. The Labute approximate surface area is 107 Å². The largest absolute Gasteiger partial charge is 0.508 e. The Kier molecular flexibility index (Phi) is 3.87. The Bertz CT molecular complexity index is 434. The highest BCUT2D eigenvalue weighted by Crippen LogP contribution is 2.26. The summed E-state index contributed by atoms with van der Waals surface area (Å²) in [6, 6.07) is 7.08. The van der Waals surface area contributed by atoms with Gasteiger partial charge >= 0.3 is 0 Å². The molecule has 1 aliphatic rings. The van der Waals surface area contributed by atoms with E-state index in [1.807, 2.05) is 12.1 Å². The molecule has 0 saturated heterocycles. The van der Waals surface area contributed by atoms with Crippen molar-refractivity contribution in [1.82, 2.24) is 4.90 Å². The quantitative estimate of drug-likeness (QED) is 0.851. The average Bonchev–Trinajstić information content (AvgIpc) is 2.77. The lowest BCUT2D eigenvalue weighted by atomic mass is 10.0. The summed E-state index contributed by atoms with van der Waals surface area (Å²) in [5.41, 5.74) is 6.71. The van der Waals surface area contributed by atoms with Crippen LogP contribution >= 0.6 is 0 Å². The van der Waals surface area contributed by atoms with Crippen LogP contribution in [0.1, 0.15) is 24.8 Å². The molecule has 1 aromatic rings. The molecule has 1 aromatic carbocycles. The van der Waals surface area contributed by atoms with E-state index in [0.717, 1.165) is 24.8 Å². The van der Waals surface area contributed by atoms with Gasteiger partial charge in [0.2, 0.25) is 5.91 Å². The first kappa shape index (κ1) is 12.9. The number of phenolic OH excluding ortho intramolecular Hbond substituents is 1. The van der Waals surface area contributed by atoms with Crippen LogP contribution in [0.5, 0.6) is 5.75 Å². The Morgan fingerprint density at radius 2 is 2.17 bits per heavy atom. The van der Waals surface area contributed by atoms with Crippen LogP contribution in [0.15, 0.2) is 24.3 Å². The van der Waals surface area contributed by atoms with Crippen molar-refractivity contribution in [3.8, 4) is 5.75 Å². The SMILES string of the molecule is CN(Cc1ccccc1O)C(=O)C1CCCC1N. The van der Waals surface area contributed by atoms with Crippen molar-refractivity contribution in [3.63, 3.8) is 0 Å². The first-order valence-corrected chi connectivity index (χ1v) is 6.37. The van der Waals surface area contributed by atoms with Crippen LogP contribution in [0.2, 0.25) is 0 Å². The molecule has 0 heterocycles. The van der Waals surface area contributed by atoms with E-state index in [-0.39, 0.29) is 23.6 Å². The molecule has 2 unspecified atom stereocenters. The summed E-state index contributed by atoms with van der Waals surface area (Å²) < 4.78 is 0. The molecule has 1 saturated carbocycles. The van der Waals surface area contributed by atoms with Crippen LogP contribution in [0.3, 0.4) is 0 Å². The third kappa shape index (κ3) is 2.64. The fraction of sp³-hybridized carbons (Fsp3) is 0.500. The number of carbonyl (C=O) groups excluding carboxylic acids is 1. The third-order valence-electron chi connectivity index (χ3n) is 3.66. The second-order valence-electron chi connectivity index (χ2n) is 5.02. The van der Waals surface area contributed by atoms with Crippen molar-refractivity contribution < 1.29 is 9.90 Å². The first-order valence-electron chi connectivity index (χ1n) is 6.37. The molecule has 0 aromatic heterocycles. The fourth-order valence-electron chi connectivity index (χ4n) is 2.56. The van der Waals surface area contributed by atoms with Gasteiger partial charge in [-0.1, -0.05) is 24.6 Å². The number of para-hydroxylation sites is 1. The zero-order chi connectivity index (χ0) is 13.1. The monoisotopic (exact) mass is 248 g/mol. The van der Waals surface area contributed by atoms with Crippen molar-refractivity contribution >= 4 is 5.91 Å². The van der Waals surface area contributed by atoms with Crippen LogP contribution < -0.4 is 5.73 Å². The number of nitrogens with two attached hydrogens (primary N) is 1. The van der Waals surface area contributed by atoms with Gasteiger partial charge in [-0.05, 0) is 18.9 Å². The molecule has 0 spiro atoms. The predicted octanol–water partition coefficient (Wildman–Crippen LogP) is 1.48. The van der Waals surface area contributed by atoms with Gasteiger partial charge in [0, 0.05) is 25.2 Å². The topological polar surface area (TPSA) is 66.6 Å². The van der Waals surface area contributed by atoms with E-state index >= 15 is 0 Å². The molecular formula is C14H20N2O2. The lowest BCUT2D eigenvalue weighted by molar-refractivity contribution is -0.134. The maximum Gasteiger partial charge on any atom is 0.227 e. The number of carbonyl (C=O) groups is 1. The molecule has 2 rings (SSSR count). The number of amides is 1. The van der Waals surface area contributed by atoms with Crippen molar-refractivity contribution in [3.05, 3.63) is 29.8 Å². The van der Waals surface area contributed by atoms with Crippen LogP contribution in [-0.4, -0.2) is 29.0 Å². The maximum absolute atomic E-state index is 12.2. The van der Waals surface area contributed by atoms with Crippen molar-refractivity contribution in [2.24, 2.45) is 11.7 Å². The minimum Gasteiger partial charge on any atom is -0.508 e. The Hall–Kier alpha value is -1.55. The lowest BCUT2D eigenvalue weighted by Crippen LogP contribution is -2.39. The van der Waals surface area contributed by atoms with Crippen LogP contribution in [0.25, 0.3) is 0 Å². The smallest absolute Gasteiger partial charge is 0.227 e. The van der Waals surface area contributed by atoms with Gasteiger partial charge in [0.1, 0.15) is 5.75 Å². The van der Waals surface area contributed by atoms with Crippen molar-refractivity contribution in [2.75, 3.05) is 7.05 Å². The minimum atomic E-state index is -0.0548. The van der Waals surface area contributed by atoms with Gasteiger partial charge in [-0.25, -0.2) is 0 Å². The summed E-state index contributed by atoms with van der Waals surface area (Å²) >= 11 is 0. The van der Waals surface area contributed by atoms with Gasteiger partial charge in [0.25, 0.3) is 0 Å². The molecule has 18 heavy (non-hydrogen) atoms. The summed E-state index contributed by atoms with van der Waals surface area (Å²) in [4.78, 5) is 13.9. The number of phenols is 1. The lowest BCUT2D eigenvalue weighted by Gasteiger charge is -2.23. The molecule has 3 N–H and O–H groups in total. The van der Waals surface area contributed by atoms with E-state index in [1.54, 1.807) is 24.1 Å². The summed E-state index contributed by atoms with van der Waals surface area (Å²) in [7, 11) is 1.76. The summed E-state index contributed by atoms with van der Waals surface area (Å²) in [5.74, 6) is 0.261. The summed E-state index contributed by atoms with van der Waals surface area (Å²) in [5, 5.41) is 9.70. The fourth-order valence-corrected chi connectivity index (χ4v) is 2.56. The van der Waals surface area contributed by atoms with Gasteiger partial charge in [-0.3, -0.25) is 4.79 Å². The number of hydrogen-bond donors (Lipinski definition) is 2. The van der Waals surface area contributed by atoms with E-state index in [0.29, 0.717) is 6.54 Å². The summed E-state index contributed by atoms with van der Waals surface area (Å²) in [6.45, 7) is 0.425. The Morgan fingerprint density at radius 3 is 2.78 bits per heavy atom. The Morgan fingerprint density at radius 1 is 1.44 bits per heavy atom. The maximum atomic E-state index is 12.2. The number of aromatic hydroxyl groups is 1. The molecule has 0 bridgehead atoms. The van der Waals surface area contributed by atoms with E-state index in [9.17, 15) is 9.90 Å². The second-order valence-corrected chi connectivity index (χ2v) is 5.02. The van der Waals surface area contributed by atoms with Gasteiger partial charge in [0.05, 0.1) is 5.92 Å². The molecule has 4 nitrogen and oxygen atoms in total. The number of rotatable bonds is 3. The van der Waals surface area contributed by atoms with Crippen LogP contribution in [0, 0.1) is 5.92 Å². The molecule has 0 aliphatic heterocycles. The van der Waals surface area contributed by atoms with E-state index < -0.39 is 0 Å². The number of benzene rings is 1. The zero-order valence-electron chi connectivity index (χ0n) is 10.7. The van der Waals surface area contributed by atoms with E-state index in [1.165, 1.54) is 0 Å².